The first kappa shape index (κ1) is 43.2. The Morgan fingerprint density at radius 1 is 1.05 bits per heavy atom. The number of nitrogen functional groups attached to an aromatic ring is 1. The molecular weight excluding hydrogens is 709 g/mol. The number of nitrogens with one attached hydrogen (secondary N) is 2. The highest BCUT2D eigenvalue weighted by Gasteiger charge is 2.51. The van der Waals surface area contributed by atoms with Gasteiger partial charge in [0.25, 0.3) is 0 Å². The number of carboxylic acid groups (broad SMARTS) is 1. The average Bonchev–Trinajstić information content (AvgIpc) is 3.74. The Morgan fingerprint density at radius 3 is 2.57 bits per heavy atom. The summed E-state index contributed by atoms with van der Waals surface area (Å²) < 4.78 is 0. The molecule has 0 saturated heterocycles. The third kappa shape index (κ3) is 11.8. The number of phenols is 1. The van der Waals surface area contributed by atoms with E-state index in [9.17, 15) is 35.4 Å². The Labute approximate surface area is 332 Å². The van der Waals surface area contributed by atoms with Gasteiger partial charge in [-0.1, -0.05) is 63.7 Å². The van der Waals surface area contributed by atoms with Gasteiger partial charge in [0.15, 0.2) is 0 Å². The molecule has 11 nitrogen and oxygen atoms in total. The molecule has 5 rings (SSSR count). The number of carbonyl (C=O) groups is 1. The first-order chi connectivity index (χ1) is 26.9. The fourth-order valence-electron chi connectivity index (χ4n) is 9.64. The summed E-state index contributed by atoms with van der Waals surface area (Å²) >= 11 is 0. The largest absolute Gasteiger partial charge is 0.872 e. The summed E-state index contributed by atoms with van der Waals surface area (Å²) in [6.45, 7) is 2.60. The van der Waals surface area contributed by atoms with Crippen molar-refractivity contribution in [3.05, 3.63) is 72.1 Å². The number of aliphatic hydroxyl groups excluding tert-OH is 2. The van der Waals surface area contributed by atoms with Crippen LogP contribution < -0.4 is 16.2 Å². The van der Waals surface area contributed by atoms with E-state index in [0.717, 1.165) is 43.4 Å². The highest BCUT2D eigenvalue weighted by atomic mass is 16.4. The molecule has 2 aliphatic rings. The van der Waals surface area contributed by atoms with Crippen LogP contribution in [0, 0.1) is 35.5 Å². The maximum absolute atomic E-state index is 12.8. The van der Waals surface area contributed by atoms with E-state index in [4.69, 9.17) is 5.73 Å². The lowest BCUT2D eigenvalue weighted by Crippen LogP contribution is -2.48. The number of hydrogen-bond acceptors (Lipinski definition) is 9. The fourth-order valence-corrected chi connectivity index (χ4v) is 9.64. The number of aromatic nitrogens is 2. The van der Waals surface area contributed by atoms with Crippen molar-refractivity contribution in [1.29, 1.82) is 0 Å². The normalized spacial score (nSPS) is 25.3. The maximum atomic E-state index is 12.8. The zero-order valence-corrected chi connectivity index (χ0v) is 33.3. The molecule has 56 heavy (non-hydrogen) atoms. The van der Waals surface area contributed by atoms with E-state index in [1.807, 2.05) is 24.3 Å². The van der Waals surface area contributed by atoms with Gasteiger partial charge in [0, 0.05) is 41.5 Å². The van der Waals surface area contributed by atoms with Gasteiger partial charge in [-0.2, -0.15) is 0 Å². The number of pyridine rings is 1. The zero-order valence-electron chi connectivity index (χ0n) is 33.3. The monoisotopic (exact) mass is 773 g/mol. The number of hydrogen-bond donors (Lipinski definition) is 8. The Morgan fingerprint density at radius 2 is 1.86 bits per heavy atom. The Balaban J connectivity index is 1.24. The second kappa shape index (κ2) is 20.5. The quantitative estimate of drug-likeness (QED) is 0.0419. The van der Waals surface area contributed by atoms with E-state index in [-0.39, 0.29) is 41.8 Å². The minimum Gasteiger partial charge on any atom is -0.872 e. The first-order valence-electron chi connectivity index (χ1n) is 20.9. The zero-order chi connectivity index (χ0) is 40.2. The van der Waals surface area contributed by atoms with Crippen LogP contribution in [-0.4, -0.2) is 72.9 Å². The van der Waals surface area contributed by atoms with Gasteiger partial charge < -0.3 is 46.7 Å². The van der Waals surface area contributed by atoms with Gasteiger partial charge in [-0.3, -0.25) is 4.79 Å². The van der Waals surface area contributed by atoms with Crippen LogP contribution in [0.3, 0.4) is 0 Å². The Hall–Kier alpha value is -3.90. The lowest BCUT2D eigenvalue weighted by Gasteiger charge is -2.40. The van der Waals surface area contributed by atoms with Crippen molar-refractivity contribution in [2.24, 2.45) is 35.5 Å². The fraction of sp³-hybridized carbons (Fsp3) is 0.600. The van der Waals surface area contributed by atoms with Gasteiger partial charge in [0.05, 0.1) is 23.7 Å². The van der Waals surface area contributed by atoms with Gasteiger partial charge in [0.2, 0.25) is 0 Å². The highest BCUT2D eigenvalue weighted by Crippen LogP contribution is 2.49. The predicted molar refractivity (Wildman–Crippen MR) is 218 cm³/mol. The number of anilines is 1. The molecule has 0 unspecified atom stereocenters. The van der Waals surface area contributed by atoms with Crippen LogP contribution in [0.4, 0.5) is 5.82 Å². The van der Waals surface area contributed by atoms with E-state index in [0.29, 0.717) is 68.1 Å². The van der Waals surface area contributed by atoms with Crippen LogP contribution in [0.5, 0.6) is 11.5 Å². The lowest BCUT2D eigenvalue weighted by atomic mass is 9.73. The molecule has 11 heteroatoms. The maximum Gasteiger partial charge on any atom is 0.309 e. The molecule has 9 N–H and O–H groups in total. The number of aliphatic carboxylic acids is 1. The number of phenolic OH excluding ortho intramolecular Hbond substituents is 1. The van der Waals surface area contributed by atoms with E-state index in [1.165, 1.54) is 37.5 Å². The molecule has 0 spiro atoms. The molecule has 0 aliphatic heterocycles. The van der Waals surface area contributed by atoms with E-state index >= 15 is 0 Å². The number of aromatic amines is 1. The van der Waals surface area contributed by atoms with Gasteiger partial charge >= 0.3 is 5.97 Å². The Kier molecular flexibility index (Phi) is 15.8. The third-order valence-corrected chi connectivity index (χ3v) is 12.6. The second-order valence-corrected chi connectivity index (χ2v) is 16.9. The summed E-state index contributed by atoms with van der Waals surface area (Å²) in [6.07, 6.45) is 16.3. The number of nitrogens with zero attached hydrogens (tertiary/aromatic N) is 1. The van der Waals surface area contributed by atoms with Crippen molar-refractivity contribution in [1.82, 2.24) is 15.3 Å². The van der Waals surface area contributed by atoms with Crippen molar-refractivity contribution in [3.63, 3.8) is 0 Å². The molecule has 9 atom stereocenters. The number of benzene rings is 1. The summed E-state index contributed by atoms with van der Waals surface area (Å²) in [7, 11) is 1.81. The molecule has 308 valence electrons. The van der Waals surface area contributed by atoms with Crippen LogP contribution in [0.25, 0.3) is 11.3 Å². The summed E-state index contributed by atoms with van der Waals surface area (Å²) in [5, 5.41) is 70.8. The molecule has 1 aromatic carbocycles. The number of unbranched alkanes of at least 4 members (excludes halogenated alkanes) is 4. The van der Waals surface area contributed by atoms with Crippen molar-refractivity contribution in [2.45, 2.75) is 121 Å². The topological polar surface area (TPSA) is 208 Å². The van der Waals surface area contributed by atoms with Gasteiger partial charge in [-0.25, -0.2) is 4.98 Å². The SMILES string of the molecule is CCCCC[C@@H]1C=C[C@@H](CCCCC[C@H](C(=O)O)[C@H](O)C[C@@H](CNC)[C@]2(O)C[C@@H](Cc3ccnc(N)c3)C[C@@H]2Cc2ccc(-c3cc([O-])cc(O)c3)[nH]2)[C@H](O)C1. The summed E-state index contributed by atoms with van der Waals surface area (Å²) in [6, 6.07) is 11.7. The smallest absolute Gasteiger partial charge is 0.309 e. The highest BCUT2D eigenvalue weighted by molar-refractivity contribution is 5.70. The predicted octanol–water partition coefficient (Wildman–Crippen LogP) is 6.35. The molecule has 0 bridgehead atoms. The molecule has 0 amide bonds. The van der Waals surface area contributed by atoms with Crippen molar-refractivity contribution < 1.29 is 35.4 Å². The molecule has 0 radical (unpaired) electrons. The van der Waals surface area contributed by atoms with Crippen LogP contribution in [-0.2, 0) is 17.6 Å². The molecule has 1 fully saturated rings. The minimum atomic E-state index is -1.22. The van der Waals surface area contributed by atoms with Crippen LogP contribution >= 0.6 is 0 Å². The van der Waals surface area contributed by atoms with Gasteiger partial charge in [0.1, 0.15) is 11.6 Å². The summed E-state index contributed by atoms with van der Waals surface area (Å²) in [4.78, 5) is 20.1. The van der Waals surface area contributed by atoms with Crippen molar-refractivity contribution in [2.75, 3.05) is 19.3 Å². The number of nitrogens with two attached hydrogens (primary N) is 1. The standard InChI is InChI=1S/C45H66N4O7/c1-3-4-6-9-29-12-13-32(41(52)20-29)10-7-5-8-11-39(44(54)55)42(53)25-35(28-47-2)45(56)27-31(18-30-16-17-48-43(46)21-30)19-34(45)24-36-14-15-40(49-36)33-22-37(50)26-38(51)23-33/h12-17,21-23,26,29,31-32,34-35,39,41-42,47,49-53,56H,3-11,18-20,24-25,27-28H2,1-2H3,(H2,46,48)(H,54,55)/p-1/t29-,31+,32-,34-,35+,39+,41-,42-,45+/m1/s1. The number of aromatic hydroxyl groups is 1. The molecule has 3 aromatic rings. The molecule has 2 aliphatic carbocycles. The minimum absolute atomic E-state index is 0.103. The number of rotatable bonds is 22. The average molecular weight is 774 g/mol. The number of H-pyrrole nitrogens is 1. The molecule has 2 aromatic heterocycles. The molecular formula is C45H65N4O7-. The first-order valence-corrected chi connectivity index (χ1v) is 20.9. The third-order valence-electron chi connectivity index (χ3n) is 12.6. The lowest BCUT2D eigenvalue weighted by molar-refractivity contribution is -0.268. The van der Waals surface area contributed by atoms with E-state index in [1.54, 1.807) is 13.2 Å². The van der Waals surface area contributed by atoms with E-state index < -0.39 is 29.5 Å². The van der Waals surface area contributed by atoms with Crippen molar-refractivity contribution >= 4 is 11.8 Å². The molecule has 1 saturated carbocycles. The number of carboxylic acids is 1. The second-order valence-electron chi connectivity index (χ2n) is 16.9. The van der Waals surface area contributed by atoms with Crippen LogP contribution in [0.15, 0.2) is 60.8 Å². The van der Waals surface area contributed by atoms with Gasteiger partial charge in [-0.05, 0) is 125 Å². The molecule has 2 heterocycles. The van der Waals surface area contributed by atoms with Crippen LogP contribution in [0.2, 0.25) is 0 Å². The number of allylic oxidation sites excluding steroid dienone is 1. The number of aliphatic hydroxyl groups is 3. The summed E-state index contributed by atoms with van der Waals surface area (Å²) in [5.74, 6) is -1.92. The summed E-state index contributed by atoms with van der Waals surface area (Å²) in [5.41, 5.74) is 7.92. The Bertz CT molecular complexity index is 1690. The van der Waals surface area contributed by atoms with Gasteiger partial charge in [-0.15, -0.1) is 5.75 Å². The van der Waals surface area contributed by atoms with Crippen LogP contribution in [0.1, 0.15) is 102 Å². The van der Waals surface area contributed by atoms with E-state index in [2.05, 4.69) is 34.4 Å². The van der Waals surface area contributed by atoms with Crippen molar-refractivity contribution in [3.8, 4) is 22.8 Å².